The van der Waals surface area contributed by atoms with Gasteiger partial charge in [-0.1, -0.05) is 12.1 Å². The van der Waals surface area contributed by atoms with Crippen LogP contribution in [0.1, 0.15) is 0 Å². The fourth-order valence-electron chi connectivity index (χ4n) is 0.699. The van der Waals surface area contributed by atoms with Crippen LogP contribution in [0.5, 0.6) is 0 Å². The number of nitro groups is 1. The summed E-state index contributed by atoms with van der Waals surface area (Å²) in [6, 6.07) is 5.73. The molecule has 0 atom stereocenters. The van der Waals surface area contributed by atoms with Crippen molar-refractivity contribution in [3.8, 4) is 0 Å². The molecule has 0 aliphatic carbocycles. The van der Waals surface area contributed by atoms with Gasteiger partial charge in [0.2, 0.25) is 0 Å². The number of anilines is 1. The molecule has 1 aromatic carbocycles. The van der Waals surface area contributed by atoms with Gasteiger partial charge in [0, 0.05) is 0 Å². The molecule has 0 spiro atoms. The number of hydrogen-bond acceptors (Lipinski definition) is 4. The molecule has 14 heavy (non-hydrogen) atoms. The lowest BCUT2D eigenvalue weighted by atomic mass is 10.3. The average molecular weight is 262 g/mol. The first-order chi connectivity index (χ1) is 6.61. The number of amidine groups is 1. The number of hydrogen-bond donors (Lipinski definition) is 1. The summed E-state index contributed by atoms with van der Waals surface area (Å²) in [5.41, 5.74) is 2.29. The third kappa shape index (κ3) is 2.77. The first kappa shape index (κ1) is 10.6. The topological polar surface area (TPSA) is 67.5 Å². The molecule has 0 unspecified atom stereocenters. The fourth-order valence-corrected chi connectivity index (χ4v) is 0.788. The normalized spacial score (nSPS) is 11.1. The molecule has 0 saturated carbocycles. The molecule has 1 N–H and O–H groups in total. The van der Waals surface area contributed by atoms with Gasteiger partial charge < -0.3 is 10.1 Å². The summed E-state index contributed by atoms with van der Waals surface area (Å²) >= 11 is 2.59. The number of nitrogens with zero attached hydrogens (tertiary/aromatic N) is 2. The average Bonchev–Trinajstić information content (AvgIpc) is 2.16. The van der Waals surface area contributed by atoms with Crippen molar-refractivity contribution in [2.24, 2.45) is 5.10 Å². The maximum atomic E-state index is 12.9. The second-order valence-electron chi connectivity index (χ2n) is 2.23. The Labute approximate surface area is 86.9 Å². The third-order valence-corrected chi connectivity index (χ3v) is 1.76. The molecule has 5 nitrogen and oxygen atoms in total. The van der Waals surface area contributed by atoms with Crippen molar-refractivity contribution < 1.29 is 9.31 Å². The summed E-state index contributed by atoms with van der Waals surface area (Å²) in [5.74, 6) is -0.528. The van der Waals surface area contributed by atoms with Crippen molar-refractivity contribution in [3.05, 3.63) is 40.2 Å². The molecule has 0 aliphatic heterocycles. The zero-order valence-corrected chi connectivity index (χ0v) is 8.36. The van der Waals surface area contributed by atoms with Gasteiger partial charge in [-0.05, 0) is 17.1 Å². The van der Waals surface area contributed by atoms with Crippen LogP contribution in [0.3, 0.4) is 0 Å². The Balaban J connectivity index is 2.76. The summed E-state index contributed by atoms with van der Waals surface area (Å²) in [4.78, 5) is 9.36. The highest BCUT2D eigenvalue weighted by Gasteiger charge is 2.07. The van der Waals surface area contributed by atoms with Gasteiger partial charge in [-0.3, -0.25) is 0 Å². The molecule has 1 rings (SSSR count). The summed E-state index contributed by atoms with van der Waals surface area (Å²) < 4.78 is 12.4. The van der Waals surface area contributed by atoms with Gasteiger partial charge >= 0.3 is 4.74 Å². The Bertz CT molecular complexity index is 383. The highest BCUT2D eigenvalue weighted by Crippen LogP contribution is 2.12. The number of para-hydroxylation sites is 1. The van der Waals surface area contributed by atoms with E-state index in [0.717, 1.165) is 0 Å². The Morgan fingerprint density at radius 3 is 2.79 bits per heavy atom. The van der Waals surface area contributed by atoms with Crippen molar-refractivity contribution in [1.29, 1.82) is 0 Å². The molecule has 0 fully saturated rings. The fraction of sp³-hybridized carbons (Fsp3) is 0. The predicted molar refractivity (Wildman–Crippen MR) is 53.4 cm³/mol. The second-order valence-corrected chi connectivity index (χ2v) is 2.94. The van der Waals surface area contributed by atoms with Crippen LogP contribution in [0.4, 0.5) is 10.1 Å². The van der Waals surface area contributed by atoms with Gasteiger partial charge in [-0.2, -0.15) is 5.43 Å². The quantitative estimate of drug-likeness (QED) is 0.292. The lowest BCUT2D eigenvalue weighted by Gasteiger charge is -1.96. The Hall–Kier alpha value is -1.50. The second kappa shape index (κ2) is 4.66. The Morgan fingerprint density at radius 1 is 1.57 bits per heavy atom. The van der Waals surface area contributed by atoms with Gasteiger partial charge in [-0.15, -0.1) is 0 Å². The zero-order chi connectivity index (χ0) is 10.6. The zero-order valence-electron chi connectivity index (χ0n) is 6.78. The van der Waals surface area contributed by atoms with Gasteiger partial charge in [0.05, 0.1) is 21.0 Å². The number of nitrogens with one attached hydrogen (secondary N) is 1. The summed E-state index contributed by atoms with van der Waals surface area (Å²) in [6.45, 7) is 0. The third-order valence-electron chi connectivity index (χ3n) is 1.29. The molecule has 74 valence electrons. The SMILES string of the molecule is O=[N+]([O-])C(Br)=NNc1ccccc1F. The van der Waals surface area contributed by atoms with Crippen LogP contribution in [0.15, 0.2) is 29.4 Å². The van der Waals surface area contributed by atoms with Crippen molar-refractivity contribution >= 4 is 26.4 Å². The van der Waals surface area contributed by atoms with E-state index in [2.05, 4.69) is 26.5 Å². The number of hydrazone groups is 1. The highest BCUT2D eigenvalue weighted by molar-refractivity contribution is 9.18. The van der Waals surface area contributed by atoms with Gasteiger partial charge in [0.15, 0.2) is 0 Å². The minimum atomic E-state index is -0.742. The maximum Gasteiger partial charge on any atom is 0.430 e. The van der Waals surface area contributed by atoms with Crippen LogP contribution < -0.4 is 5.43 Å². The summed E-state index contributed by atoms with van der Waals surface area (Å²) in [5, 5.41) is 13.4. The van der Waals surface area contributed by atoms with Crippen LogP contribution in [0.2, 0.25) is 0 Å². The molecule has 1 aromatic rings. The number of halogens is 2. The van der Waals surface area contributed by atoms with Crippen molar-refractivity contribution in [1.82, 2.24) is 0 Å². The minimum absolute atomic E-state index is 0.0753. The van der Waals surface area contributed by atoms with Crippen LogP contribution in [0.25, 0.3) is 0 Å². The standard InChI is InChI=1S/C7H5BrFN3O2/c8-7(12(13)14)11-10-6-4-2-1-3-5(6)9/h1-4,10H. The van der Waals surface area contributed by atoms with Crippen LogP contribution in [-0.4, -0.2) is 9.67 Å². The van der Waals surface area contributed by atoms with Gasteiger partial charge in [-0.25, -0.2) is 4.39 Å². The predicted octanol–water partition coefficient (Wildman–Crippen LogP) is 2.18. The van der Waals surface area contributed by atoms with E-state index in [1.54, 1.807) is 6.07 Å². The molecule has 0 aliphatic rings. The molecule has 0 saturated heterocycles. The largest absolute Gasteiger partial charge is 0.430 e. The smallest absolute Gasteiger partial charge is 0.357 e. The lowest BCUT2D eigenvalue weighted by Crippen LogP contribution is -2.06. The molecule has 0 heterocycles. The van der Waals surface area contributed by atoms with E-state index in [0.29, 0.717) is 0 Å². The molecular formula is C7H5BrFN3O2. The monoisotopic (exact) mass is 261 g/mol. The molecule has 0 radical (unpaired) electrons. The van der Waals surface area contributed by atoms with E-state index in [4.69, 9.17) is 0 Å². The first-order valence-electron chi connectivity index (χ1n) is 3.49. The minimum Gasteiger partial charge on any atom is -0.357 e. The molecule has 7 heteroatoms. The molecule has 0 amide bonds. The summed E-state index contributed by atoms with van der Waals surface area (Å²) in [6.07, 6.45) is 0. The van der Waals surface area contributed by atoms with E-state index in [9.17, 15) is 14.5 Å². The first-order valence-corrected chi connectivity index (χ1v) is 4.28. The van der Waals surface area contributed by atoms with E-state index >= 15 is 0 Å². The van der Waals surface area contributed by atoms with Gasteiger partial charge in [0.1, 0.15) is 11.5 Å². The van der Waals surface area contributed by atoms with E-state index in [1.165, 1.54) is 18.2 Å². The van der Waals surface area contributed by atoms with Crippen LogP contribution in [-0.2, 0) is 0 Å². The summed E-state index contributed by atoms with van der Waals surface area (Å²) in [7, 11) is 0. The van der Waals surface area contributed by atoms with E-state index in [1.807, 2.05) is 0 Å². The van der Waals surface area contributed by atoms with E-state index < -0.39 is 15.5 Å². The van der Waals surface area contributed by atoms with Crippen molar-refractivity contribution in [2.45, 2.75) is 0 Å². The molecular weight excluding hydrogens is 257 g/mol. The van der Waals surface area contributed by atoms with Crippen molar-refractivity contribution in [3.63, 3.8) is 0 Å². The van der Waals surface area contributed by atoms with E-state index in [-0.39, 0.29) is 5.69 Å². The Morgan fingerprint density at radius 2 is 2.21 bits per heavy atom. The molecule has 0 aromatic heterocycles. The maximum absolute atomic E-state index is 12.9. The lowest BCUT2D eigenvalue weighted by molar-refractivity contribution is -0.342. The molecule has 0 bridgehead atoms. The van der Waals surface area contributed by atoms with Crippen LogP contribution in [0, 0.1) is 15.9 Å². The number of rotatable bonds is 2. The van der Waals surface area contributed by atoms with Gasteiger partial charge in [0.25, 0.3) is 0 Å². The number of benzene rings is 1. The Kier molecular flexibility index (Phi) is 3.52. The van der Waals surface area contributed by atoms with Crippen molar-refractivity contribution in [2.75, 3.05) is 5.43 Å². The highest BCUT2D eigenvalue weighted by atomic mass is 79.9. The van der Waals surface area contributed by atoms with Crippen LogP contribution >= 0.6 is 15.9 Å².